The predicted molar refractivity (Wildman–Crippen MR) is 91.9 cm³/mol. The number of nitrogens with zero attached hydrogens (tertiary/aromatic N) is 1. The van der Waals surface area contributed by atoms with Gasteiger partial charge in [0.1, 0.15) is 5.57 Å². The Morgan fingerprint density at radius 3 is 2.46 bits per heavy atom. The minimum atomic E-state index is -1.21. The zero-order valence-electron chi connectivity index (χ0n) is 14.8. The van der Waals surface area contributed by atoms with Gasteiger partial charge in [-0.2, -0.15) is 0 Å². The lowest BCUT2D eigenvalue weighted by molar-refractivity contribution is -0.222. The average Bonchev–Trinajstić information content (AvgIpc) is 2.48. The number of ether oxygens (including phenoxy) is 2. The third-order valence-electron chi connectivity index (χ3n) is 3.72. The Bertz CT molecular complexity index is 627. The van der Waals surface area contributed by atoms with Crippen LogP contribution < -0.4 is 0 Å². The lowest BCUT2D eigenvalue weighted by Crippen LogP contribution is -2.41. The molecule has 0 bridgehead atoms. The molecule has 0 aliphatic carbocycles. The summed E-state index contributed by atoms with van der Waals surface area (Å²) in [6.45, 7) is 7.09. The van der Waals surface area contributed by atoms with Crippen molar-refractivity contribution in [3.05, 3.63) is 41.0 Å². The van der Waals surface area contributed by atoms with Gasteiger partial charge in [-0.15, -0.1) is 0 Å². The van der Waals surface area contributed by atoms with E-state index in [-0.39, 0.29) is 5.57 Å². The third kappa shape index (κ3) is 4.93. The highest BCUT2D eigenvalue weighted by Gasteiger charge is 2.38. The first-order valence-corrected chi connectivity index (χ1v) is 8.26. The minimum absolute atomic E-state index is 0.0780. The highest BCUT2D eigenvalue weighted by Crippen LogP contribution is 2.24. The summed E-state index contributed by atoms with van der Waals surface area (Å²) < 4.78 is 10.2. The van der Waals surface area contributed by atoms with Gasteiger partial charge in [0.05, 0.1) is 0 Å². The second kappa shape index (κ2) is 7.62. The van der Waals surface area contributed by atoms with Crippen LogP contribution in [0, 0.1) is 0 Å². The maximum absolute atomic E-state index is 12.0. The Labute approximate surface area is 143 Å². The van der Waals surface area contributed by atoms with Crippen molar-refractivity contribution in [2.75, 3.05) is 13.6 Å². The quantitative estimate of drug-likeness (QED) is 0.455. The van der Waals surface area contributed by atoms with Crippen LogP contribution in [0.1, 0.15) is 44.7 Å². The summed E-state index contributed by atoms with van der Waals surface area (Å²) in [6, 6.07) is 7.77. The van der Waals surface area contributed by atoms with E-state index in [2.05, 4.69) is 18.9 Å². The van der Waals surface area contributed by atoms with Crippen molar-refractivity contribution in [2.24, 2.45) is 0 Å². The van der Waals surface area contributed by atoms with Crippen molar-refractivity contribution in [1.29, 1.82) is 0 Å². The first-order chi connectivity index (χ1) is 11.3. The van der Waals surface area contributed by atoms with Gasteiger partial charge >= 0.3 is 11.9 Å². The Morgan fingerprint density at radius 1 is 1.17 bits per heavy atom. The number of cyclic esters (lactones) is 2. The van der Waals surface area contributed by atoms with Crippen molar-refractivity contribution in [3.8, 4) is 0 Å². The van der Waals surface area contributed by atoms with E-state index in [0.717, 1.165) is 37.1 Å². The average molecular weight is 331 g/mol. The Kier molecular flexibility index (Phi) is 5.78. The Hall–Kier alpha value is -2.14. The summed E-state index contributed by atoms with van der Waals surface area (Å²) in [7, 11) is 2.08. The maximum Gasteiger partial charge on any atom is 0.348 e. The van der Waals surface area contributed by atoms with Gasteiger partial charge in [-0.1, -0.05) is 37.6 Å². The summed E-state index contributed by atoms with van der Waals surface area (Å²) in [5.74, 6) is -2.52. The van der Waals surface area contributed by atoms with Crippen LogP contribution in [-0.4, -0.2) is 36.2 Å². The van der Waals surface area contributed by atoms with Crippen molar-refractivity contribution in [2.45, 2.75) is 45.9 Å². The van der Waals surface area contributed by atoms with Gasteiger partial charge < -0.3 is 14.4 Å². The van der Waals surface area contributed by atoms with E-state index >= 15 is 0 Å². The number of carbonyl (C=O) groups is 2. The fourth-order valence-electron chi connectivity index (χ4n) is 2.55. The van der Waals surface area contributed by atoms with Crippen LogP contribution in [0.3, 0.4) is 0 Å². The number of carbonyl (C=O) groups excluding carboxylic acids is 2. The van der Waals surface area contributed by atoms with Gasteiger partial charge in [-0.3, -0.25) is 0 Å². The molecule has 130 valence electrons. The fourth-order valence-corrected chi connectivity index (χ4v) is 2.55. The molecule has 24 heavy (non-hydrogen) atoms. The second-order valence-corrected chi connectivity index (χ2v) is 6.57. The molecule has 0 radical (unpaired) electrons. The number of rotatable bonds is 6. The monoisotopic (exact) mass is 331 g/mol. The summed E-state index contributed by atoms with van der Waals surface area (Å²) in [6.07, 6.45) is 3.85. The Balaban J connectivity index is 2.14. The molecule has 1 aromatic carbocycles. The lowest BCUT2D eigenvalue weighted by Gasteiger charge is -2.29. The van der Waals surface area contributed by atoms with E-state index in [1.165, 1.54) is 19.9 Å². The number of hydrogen-bond acceptors (Lipinski definition) is 5. The largest absolute Gasteiger partial charge is 0.419 e. The topological polar surface area (TPSA) is 55.8 Å². The fraction of sp³-hybridized carbons (Fsp3) is 0.474. The standard InChI is InChI=1S/C19H25NO4/c1-5-6-10-20(4)13-15-9-7-8-14(11-15)12-16-17(21)23-19(2,3)24-18(16)22/h7-9,11-12H,5-6,10,13H2,1-4H3. The molecule has 0 N–H and O–H groups in total. The molecule has 0 spiro atoms. The molecule has 1 fully saturated rings. The lowest BCUT2D eigenvalue weighted by atomic mass is 10.1. The summed E-state index contributed by atoms with van der Waals surface area (Å²) >= 11 is 0. The molecule has 1 aromatic rings. The van der Waals surface area contributed by atoms with Gasteiger partial charge in [0.2, 0.25) is 0 Å². The highest BCUT2D eigenvalue weighted by atomic mass is 16.7. The number of esters is 2. The smallest absolute Gasteiger partial charge is 0.348 e. The van der Waals surface area contributed by atoms with Gasteiger partial charge in [-0.25, -0.2) is 9.59 Å². The molecule has 2 rings (SSSR count). The van der Waals surface area contributed by atoms with E-state index in [1.807, 2.05) is 24.3 Å². The van der Waals surface area contributed by atoms with E-state index in [1.54, 1.807) is 0 Å². The summed E-state index contributed by atoms with van der Waals surface area (Å²) in [4.78, 5) is 26.3. The SMILES string of the molecule is CCCCN(C)Cc1cccc(C=C2C(=O)OC(C)(C)OC2=O)c1. The van der Waals surface area contributed by atoms with Gasteiger partial charge in [0, 0.05) is 20.4 Å². The molecule has 1 saturated heterocycles. The molecule has 1 heterocycles. The van der Waals surface area contributed by atoms with E-state index in [9.17, 15) is 9.59 Å². The molecule has 5 heteroatoms. The number of hydrogen-bond donors (Lipinski definition) is 0. The number of benzene rings is 1. The molecule has 0 saturated carbocycles. The molecule has 1 aliphatic heterocycles. The zero-order chi connectivity index (χ0) is 17.7. The minimum Gasteiger partial charge on any atom is -0.419 e. The predicted octanol–water partition coefficient (Wildman–Crippen LogP) is 3.14. The van der Waals surface area contributed by atoms with Crippen LogP contribution >= 0.6 is 0 Å². The van der Waals surface area contributed by atoms with Crippen LogP contribution in [0.5, 0.6) is 0 Å². The van der Waals surface area contributed by atoms with E-state index in [4.69, 9.17) is 9.47 Å². The van der Waals surface area contributed by atoms with Crippen LogP contribution in [0.4, 0.5) is 0 Å². The molecular formula is C19H25NO4. The molecule has 0 aromatic heterocycles. The van der Waals surface area contributed by atoms with Crippen LogP contribution in [0.2, 0.25) is 0 Å². The second-order valence-electron chi connectivity index (χ2n) is 6.57. The van der Waals surface area contributed by atoms with Crippen LogP contribution in [0.25, 0.3) is 6.08 Å². The zero-order valence-corrected chi connectivity index (χ0v) is 14.8. The summed E-state index contributed by atoms with van der Waals surface area (Å²) in [5, 5.41) is 0. The third-order valence-corrected chi connectivity index (χ3v) is 3.72. The van der Waals surface area contributed by atoms with Gasteiger partial charge in [-0.05, 0) is 37.2 Å². The van der Waals surface area contributed by atoms with Crippen LogP contribution in [0.15, 0.2) is 29.8 Å². The number of unbranched alkanes of at least 4 members (excludes halogenated alkanes) is 1. The summed E-state index contributed by atoms with van der Waals surface area (Å²) in [5.41, 5.74) is 1.83. The molecule has 0 atom stereocenters. The van der Waals surface area contributed by atoms with Crippen LogP contribution in [-0.2, 0) is 25.6 Å². The maximum atomic E-state index is 12.0. The van der Waals surface area contributed by atoms with Gasteiger partial charge in [0.25, 0.3) is 5.79 Å². The molecular weight excluding hydrogens is 306 g/mol. The van der Waals surface area contributed by atoms with Gasteiger partial charge in [0.15, 0.2) is 0 Å². The van der Waals surface area contributed by atoms with Crippen molar-refractivity contribution >= 4 is 18.0 Å². The first-order valence-electron chi connectivity index (χ1n) is 8.26. The van der Waals surface area contributed by atoms with Crippen molar-refractivity contribution in [3.63, 3.8) is 0 Å². The van der Waals surface area contributed by atoms with E-state index < -0.39 is 17.7 Å². The first kappa shape index (κ1) is 18.2. The molecule has 1 aliphatic rings. The molecule has 5 nitrogen and oxygen atoms in total. The molecule has 0 amide bonds. The molecule has 0 unspecified atom stereocenters. The highest BCUT2D eigenvalue weighted by molar-refractivity contribution is 6.18. The van der Waals surface area contributed by atoms with E-state index in [0.29, 0.717) is 0 Å². The normalized spacial score (nSPS) is 16.8. The van der Waals surface area contributed by atoms with Crippen molar-refractivity contribution in [1.82, 2.24) is 4.90 Å². The van der Waals surface area contributed by atoms with Crippen molar-refractivity contribution < 1.29 is 19.1 Å². The Morgan fingerprint density at radius 2 is 1.83 bits per heavy atom.